The number of fused-ring (bicyclic) bond motifs is 7. The van der Waals surface area contributed by atoms with Gasteiger partial charge in [-0.1, -0.05) is 33.3 Å². The Morgan fingerprint density at radius 3 is 2.24 bits per heavy atom. The standard InChI is InChI=1S/C30H44O4/c1-18-19-8-9-22-28(4,20(19)16-21(31)24(18)32)13-15-30(6)23-17-27(3,25(33)34-7)11-10-26(23,2)12-14-29(22,30)5/h16,19,22-23,32H,8-15,17H2,1-7H3/t19-,22-,23+,26-,27-,28+,29-,30-/m1/s1. The molecule has 0 aliphatic heterocycles. The second-order valence-corrected chi connectivity index (χ2v) is 13.9. The van der Waals surface area contributed by atoms with Crippen LogP contribution in [0.5, 0.6) is 0 Å². The van der Waals surface area contributed by atoms with Gasteiger partial charge >= 0.3 is 5.97 Å². The van der Waals surface area contributed by atoms with Crippen LogP contribution in [0.1, 0.15) is 99.3 Å². The van der Waals surface area contributed by atoms with Crippen LogP contribution >= 0.6 is 0 Å². The topological polar surface area (TPSA) is 63.6 Å². The number of aliphatic hydroxyl groups is 1. The molecule has 0 spiro atoms. The normalized spacial score (nSPS) is 50.4. The van der Waals surface area contributed by atoms with E-state index in [1.165, 1.54) is 25.5 Å². The minimum absolute atomic E-state index is 0.0111. The van der Waals surface area contributed by atoms with E-state index < -0.39 is 5.41 Å². The van der Waals surface area contributed by atoms with Crippen LogP contribution in [0, 0.1) is 44.8 Å². The van der Waals surface area contributed by atoms with Crippen molar-refractivity contribution in [2.24, 2.45) is 44.8 Å². The van der Waals surface area contributed by atoms with Gasteiger partial charge in [-0.25, -0.2) is 0 Å². The number of allylic oxidation sites excluding steroid dienone is 3. The van der Waals surface area contributed by atoms with Crippen molar-refractivity contribution >= 4 is 11.8 Å². The monoisotopic (exact) mass is 468 g/mol. The lowest BCUT2D eigenvalue weighted by molar-refractivity contribution is -0.223. The summed E-state index contributed by atoms with van der Waals surface area (Å²) in [5.74, 6) is 0.934. The van der Waals surface area contributed by atoms with Crippen molar-refractivity contribution in [1.29, 1.82) is 0 Å². The Kier molecular flexibility index (Phi) is 5.13. The fourth-order valence-electron chi connectivity index (χ4n) is 10.1. The molecule has 0 aromatic carbocycles. The SMILES string of the molecule is COC(=O)[C@]1(C)CC[C@]2(C)CC[C@]3(C)[C@@H]4CC[C@H]5C(=CC(=O)C(O)=C5C)[C@]4(C)CC[C@]3(C)[C@H]2C1. The maximum Gasteiger partial charge on any atom is 0.311 e. The molecule has 1 N–H and O–H groups in total. The number of hydrogen-bond acceptors (Lipinski definition) is 4. The molecule has 8 atom stereocenters. The summed E-state index contributed by atoms with van der Waals surface area (Å²) in [4.78, 5) is 25.5. The third-order valence-electron chi connectivity index (χ3n) is 12.6. The molecule has 0 radical (unpaired) electrons. The molecule has 0 amide bonds. The molecule has 4 nitrogen and oxygen atoms in total. The lowest BCUT2D eigenvalue weighted by Gasteiger charge is -2.72. The lowest BCUT2D eigenvalue weighted by Crippen LogP contribution is -2.65. The maximum absolute atomic E-state index is 12.8. The van der Waals surface area contributed by atoms with Gasteiger partial charge in [0.25, 0.3) is 0 Å². The largest absolute Gasteiger partial charge is 0.504 e. The molecule has 4 fully saturated rings. The number of carbonyl (C=O) groups excluding carboxylic acids is 2. The van der Waals surface area contributed by atoms with Gasteiger partial charge in [-0.3, -0.25) is 9.59 Å². The Balaban J connectivity index is 1.55. The second-order valence-electron chi connectivity index (χ2n) is 13.9. The van der Waals surface area contributed by atoms with Crippen LogP contribution in [0.15, 0.2) is 23.0 Å². The molecule has 5 aliphatic carbocycles. The van der Waals surface area contributed by atoms with E-state index in [0.29, 0.717) is 11.8 Å². The average molecular weight is 469 g/mol. The molecule has 0 bridgehead atoms. The molecule has 0 aromatic heterocycles. The zero-order valence-corrected chi connectivity index (χ0v) is 22.3. The lowest BCUT2D eigenvalue weighted by atomic mass is 9.32. The van der Waals surface area contributed by atoms with Crippen molar-refractivity contribution in [1.82, 2.24) is 0 Å². The number of esters is 1. The van der Waals surface area contributed by atoms with Crippen LogP contribution in [0.4, 0.5) is 0 Å². The number of aliphatic hydroxyl groups excluding tert-OH is 1. The zero-order chi connectivity index (χ0) is 24.9. The van der Waals surface area contributed by atoms with Crippen molar-refractivity contribution < 1.29 is 19.4 Å². The second kappa shape index (κ2) is 7.23. The van der Waals surface area contributed by atoms with Crippen molar-refractivity contribution in [3.05, 3.63) is 23.0 Å². The molecule has 0 heterocycles. The Labute approximate surface area is 205 Å². The smallest absolute Gasteiger partial charge is 0.311 e. The molecule has 34 heavy (non-hydrogen) atoms. The Hall–Kier alpha value is -1.58. The maximum atomic E-state index is 12.8. The zero-order valence-electron chi connectivity index (χ0n) is 22.3. The van der Waals surface area contributed by atoms with Gasteiger partial charge in [-0.2, -0.15) is 0 Å². The highest BCUT2D eigenvalue weighted by molar-refractivity contribution is 6.04. The van der Waals surface area contributed by atoms with Crippen LogP contribution in [0.3, 0.4) is 0 Å². The van der Waals surface area contributed by atoms with E-state index in [0.717, 1.165) is 50.5 Å². The average Bonchev–Trinajstić information content (AvgIpc) is 2.80. The Morgan fingerprint density at radius 1 is 0.941 bits per heavy atom. The third kappa shape index (κ3) is 2.83. The van der Waals surface area contributed by atoms with Gasteiger partial charge in [-0.15, -0.1) is 0 Å². The van der Waals surface area contributed by atoms with Crippen molar-refractivity contribution in [2.45, 2.75) is 99.3 Å². The van der Waals surface area contributed by atoms with E-state index in [1.807, 2.05) is 6.92 Å². The van der Waals surface area contributed by atoms with Gasteiger partial charge in [0.15, 0.2) is 5.76 Å². The minimum Gasteiger partial charge on any atom is -0.504 e. The van der Waals surface area contributed by atoms with Crippen LogP contribution in [0.2, 0.25) is 0 Å². The summed E-state index contributed by atoms with van der Waals surface area (Å²) in [6, 6.07) is 0. The fourth-order valence-corrected chi connectivity index (χ4v) is 10.1. The van der Waals surface area contributed by atoms with E-state index >= 15 is 0 Å². The number of hydrogen-bond donors (Lipinski definition) is 1. The van der Waals surface area contributed by atoms with Gasteiger partial charge in [0, 0.05) is 5.92 Å². The first kappa shape index (κ1) is 24.1. The van der Waals surface area contributed by atoms with Crippen LogP contribution in [0.25, 0.3) is 0 Å². The minimum atomic E-state index is -0.393. The molecule has 5 aliphatic rings. The summed E-state index contributed by atoms with van der Waals surface area (Å²) in [7, 11) is 1.53. The highest BCUT2D eigenvalue weighted by Crippen LogP contribution is 2.76. The van der Waals surface area contributed by atoms with Gasteiger partial charge in [0.1, 0.15) is 0 Å². The van der Waals surface area contributed by atoms with Crippen molar-refractivity contribution in [3.8, 4) is 0 Å². The summed E-state index contributed by atoms with van der Waals surface area (Å²) in [6.07, 6.45) is 11.5. The van der Waals surface area contributed by atoms with E-state index in [9.17, 15) is 14.7 Å². The van der Waals surface area contributed by atoms with E-state index in [2.05, 4.69) is 34.6 Å². The van der Waals surface area contributed by atoms with E-state index in [4.69, 9.17) is 4.74 Å². The van der Waals surface area contributed by atoms with E-state index in [1.54, 1.807) is 6.08 Å². The Morgan fingerprint density at radius 2 is 1.56 bits per heavy atom. The molecule has 0 aromatic rings. The van der Waals surface area contributed by atoms with Crippen LogP contribution < -0.4 is 0 Å². The van der Waals surface area contributed by atoms with Gasteiger partial charge in [0.2, 0.25) is 5.78 Å². The number of ether oxygens (including phenoxy) is 1. The van der Waals surface area contributed by atoms with Crippen LogP contribution in [-0.2, 0) is 14.3 Å². The predicted molar refractivity (Wildman–Crippen MR) is 133 cm³/mol. The number of ketones is 1. The van der Waals surface area contributed by atoms with Crippen LogP contribution in [-0.4, -0.2) is 24.0 Å². The molecule has 188 valence electrons. The summed E-state index contributed by atoms with van der Waals surface area (Å²) in [6.45, 7) is 14.1. The molecule has 0 unspecified atom stereocenters. The summed E-state index contributed by atoms with van der Waals surface area (Å²) >= 11 is 0. The molecular weight excluding hydrogens is 424 g/mol. The fraction of sp³-hybridized carbons (Fsp3) is 0.800. The van der Waals surface area contributed by atoms with Gasteiger partial charge in [0.05, 0.1) is 12.5 Å². The highest BCUT2D eigenvalue weighted by atomic mass is 16.5. The molecule has 4 heteroatoms. The van der Waals surface area contributed by atoms with Gasteiger partial charge < -0.3 is 9.84 Å². The summed E-state index contributed by atoms with van der Waals surface area (Å²) < 4.78 is 5.29. The first-order valence-corrected chi connectivity index (χ1v) is 13.5. The quantitative estimate of drug-likeness (QED) is 0.423. The molecular formula is C30H44O4. The van der Waals surface area contributed by atoms with Crippen molar-refractivity contribution in [2.75, 3.05) is 7.11 Å². The molecule has 5 rings (SSSR count). The first-order valence-electron chi connectivity index (χ1n) is 13.5. The number of rotatable bonds is 1. The van der Waals surface area contributed by atoms with E-state index in [-0.39, 0.29) is 45.1 Å². The number of carbonyl (C=O) groups is 2. The highest BCUT2D eigenvalue weighted by Gasteiger charge is 2.69. The van der Waals surface area contributed by atoms with Crippen molar-refractivity contribution in [3.63, 3.8) is 0 Å². The Bertz CT molecular complexity index is 1010. The number of methoxy groups -OCH3 is 1. The third-order valence-corrected chi connectivity index (χ3v) is 12.6. The summed E-state index contributed by atoms with van der Waals surface area (Å²) in [5.41, 5.74) is 2.34. The first-order chi connectivity index (χ1) is 15.8. The molecule has 4 saturated carbocycles. The summed E-state index contributed by atoms with van der Waals surface area (Å²) in [5, 5.41) is 10.4. The van der Waals surface area contributed by atoms with Gasteiger partial charge in [-0.05, 0) is 117 Å². The molecule has 0 saturated heterocycles. The predicted octanol–water partition coefficient (Wildman–Crippen LogP) is 6.95.